The molecule has 1 fully saturated rings. The summed E-state index contributed by atoms with van der Waals surface area (Å²) in [6.07, 6.45) is 1.09. The van der Waals surface area contributed by atoms with Crippen molar-refractivity contribution in [3.8, 4) is 11.5 Å². The Kier molecular flexibility index (Phi) is 6.98. The molecule has 2 aromatic carbocycles. The van der Waals surface area contributed by atoms with Crippen molar-refractivity contribution in [3.05, 3.63) is 48.2 Å². The molecule has 1 aliphatic rings. The fourth-order valence-electron chi connectivity index (χ4n) is 4.03. The normalized spacial score (nSPS) is 16.7. The molecular weight excluding hydrogens is 443 g/mol. The van der Waals surface area contributed by atoms with Gasteiger partial charge in [0.15, 0.2) is 11.5 Å². The third-order valence-corrected chi connectivity index (χ3v) is 6.71. The predicted molar refractivity (Wildman–Crippen MR) is 137 cm³/mol. The Bertz CT molecular complexity index is 1200. The minimum absolute atomic E-state index is 0.177. The largest absolute Gasteiger partial charge is 0.494 e. The van der Waals surface area contributed by atoms with Crippen molar-refractivity contribution in [1.29, 1.82) is 0 Å². The van der Waals surface area contributed by atoms with Crippen LogP contribution in [0, 0.1) is 0 Å². The molecule has 0 unspecified atom stereocenters. The Hall–Kier alpha value is -2.84. The zero-order valence-electron chi connectivity index (χ0n) is 21.8. The van der Waals surface area contributed by atoms with E-state index in [1.807, 2.05) is 57.5 Å². The lowest BCUT2D eigenvalue weighted by Crippen LogP contribution is -2.41. The Morgan fingerprint density at radius 1 is 1.06 bits per heavy atom. The Labute approximate surface area is 207 Å². The molecule has 1 aromatic heterocycles. The van der Waals surface area contributed by atoms with Gasteiger partial charge in [0, 0.05) is 17.8 Å². The summed E-state index contributed by atoms with van der Waals surface area (Å²) in [5, 5.41) is 5.83. The molecule has 0 saturated carbocycles. The highest BCUT2D eigenvalue weighted by atomic mass is 16.7. The molecule has 35 heavy (non-hydrogen) atoms. The van der Waals surface area contributed by atoms with E-state index in [0.29, 0.717) is 17.9 Å². The number of aromatic nitrogens is 2. The Morgan fingerprint density at radius 3 is 2.34 bits per heavy atom. The number of hydrogen-bond donors (Lipinski definition) is 0. The molecule has 186 valence electrons. The van der Waals surface area contributed by atoms with Gasteiger partial charge in [-0.25, -0.2) is 0 Å². The minimum atomic E-state index is -0.459. The molecule has 1 aliphatic heterocycles. The van der Waals surface area contributed by atoms with Gasteiger partial charge in [0.2, 0.25) is 0 Å². The van der Waals surface area contributed by atoms with Gasteiger partial charge in [-0.2, -0.15) is 5.10 Å². The summed E-state index contributed by atoms with van der Waals surface area (Å²) in [6.45, 7) is 14.6. The van der Waals surface area contributed by atoms with Gasteiger partial charge < -0.3 is 18.8 Å². The van der Waals surface area contributed by atoms with Crippen molar-refractivity contribution in [2.75, 3.05) is 0 Å². The molecule has 4 rings (SSSR count). The van der Waals surface area contributed by atoms with E-state index in [0.717, 1.165) is 28.5 Å². The number of esters is 1. The summed E-state index contributed by atoms with van der Waals surface area (Å²) < 4.78 is 26.2. The molecule has 2 heterocycles. The fourth-order valence-corrected chi connectivity index (χ4v) is 4.03. The zero-order chi connectivity index (χ0) is 25.4. The predicted octanol–water partition coefficient (Wildman–Crippen LogP) is 5.20. The highest BCUT2D eigenvalue weighted by Crippen LogP contribution is 2.37. The van der Waals surface area contributed by atoms with E-state index in [2.05, 4.69) is 26.0 Å². The van der Waals surface area contributed by atoms with Gasteiger partial charge in [-0.15, -0.1) is 0 Å². The van der Waals surface area contributed by atoms with Crippen LogP contribution in [0.2, 0.25) is 0 Å². The van der Waals surface area contributed by atoms with Crippen LogP contribution in [-0.2, 0) is 20.7 Å². The lowest BCUT2D eigenvalue weighted by Gasteiger charge is -2.32. The molecule has 1 saturated heterocycles. The van der Waals surface area contributed by atoms with E-state index >= 15 is 0 Å². The molecule has 8 heteroatoms. The average molecular weight is 478 g/mol. The van der Waals surface area contributed by atoms with Gasteiger partial charge >= 0.3 is 13.1 Å². The first-order valence-electron chi connectivity index (χ1n) is 12.3. The van der Waals surface area contributed by atoms with Crippen LogP contribution >= 0.6 is 0 Å². The number of carbonyl (C=O) groups is 1. The van der Waals surface area contributed by atoms with Gasteiger partial charge in [0.25, 0.3) is 0 Å². The molecule has 7 nitrogen and oxygen atoms in total. The molecule has 0 amide bonds. The number of hydrogen-bond acceptors (Lipinski definition) is 6. The van der Waals surface area contributed by atoms with Crippen LogP contribution in [-0.4, -0.2) is 34.1 Å². The van der Waals surface area contributed by atoms with Crippen LogP contribution < -0.4 is 14.9 Å². The number of nitrogens with zero attached hydrogens (tertiary/aromatic N) is 2. The first-order chi connectivity index (χ1) is 16.5. The summed E-state index contributed by atoms with van der Waals surface area (Å²) in [6, 6.07) is 13.6. The van der Waals surface area contributed by atoms with Crippen molar-refractivity contribution in [2.24, 2.45) is 0 Å². The molecule has 0 aliphatic carbocycles. The molecular formula is C27H35BN2O5. The molecule has 3 aromatic rings. The maximum atomic E-state index is 12.0. The van der Waals surface area contributed by atoms with Crippen LogP contribution in [0.1, 0.15) is 73.0 Å². The third-order valence-electron chi connectivity index (χ3n) is 6.71. The number of benzene rings is 2. The van der Waals surface area contributed by atoms with Gasteiger partial charge in [-0.1, -0.05) is 31.2 Å². The van der Waals surface area contributed by atoms with E-state index in [1.165, 1.54) is 0 Å². The number of carbonyl (C=O) groups excluding carboxylic acids is 1. The summed E-state index contributed by atoms with van der Waals surface area (Å²) in [5.74, 6) is 0.646. The van der Waals surface area contributed by atoms with E-state index in [-0.39, 0.29) is 18.6 Å². The number of rotatable bonds is 8. The summed E-state index contributed by atoms with van der Waals surface area (Å²) >= 11 is 0. The Balaban J connectivity index is 1.63. The Morgan fingerprint density at radius 2 is 1.71 bits per heavy atom. The van der Waals surface area contributed by atoms with Crippen molar-refractivity contribution in [1.82, 2.24) is 9.78 Å². The lowest BCUT2D eigenvalue weighted by molar-refractivity contribution is -0.134. The van der Waals surface area contributed by atoms with Gasteiger partial charge in [-0.05, 0) is 71.6 Å². The maximum absolute atomic E-state index is 12.0. The molecule has 0 N–H and O–H groups in total. The van der Waals surface area contributed by atoms with Crippen LogP contribution in [0.3, 0.4) is 0 Å². The second-order valence-corrected chi connectivity index (χ2v) is 10.3. The number of fused-ring (bicyclic) bond motifs is 1. The van der Waals surface area contributed by atoms with E-state index < -0.39 is 18.3 Å². The summed E-state index contributed by atoms with van der Waals surface area (Å²) in [5.41, 5.74) is 1.91. The maximum Gasteiger partial charge on any atom is 0.494 e. The summed E-state index contributed by atoms with van der Waals surface area (Å²) in [4.78, 5) is 12.0. The van der Waals surface area contributed by atoms with Crippen LogP contribution in [0.25, 0.3) is 10.9 Å². The quantitative estimate of drug-likeness (QED) is 0.252. The SMILES string of the molecule is CCCC(=O)Oc1ccccc1OCc1nn(C(C)C)c2ccc(B3OC(C)(C)C(C)(C)O3)cc12. The number of para-hydroxylation sites is 2. The van der Waals surface area contributed by atoms with E-state index in [9.17, 15) is 4.79 Å². The van der Waals surface area contributed by atoms with Crippen LogP contribution in [0.5, 0.6) is 11.5 Å². The van der Waals surface area contributed by atoms with Crippen molar-refractivity contribution in [3.63, 3.8) is 0 Å². The van der Waals surface area contributed by atoms with E-state index in [4.69, 9.17) is 23.9 Å². The number of ether oxygens (including phenoxy) is 2. The zero-order valence-corrected chi connectivity index (χ0v) is 21.8. The highest BCUT2D eigenvalue weighted by molar-refractivity contribution is 6.62. The van der Waals surface area contributed by atoms with E-state index in [1.54, 1.807) is 12.1 Å². The van der Waals surface area contributed by atoms with Gasteiger partial charge in [0.05, 0.1) is 16.7 Å². The molecule has 0 atom stereocenters. The molecule has 0 bridgehead atoms. The van der Waals surface area contributed by atoms with Crippen LogP contribution in [0.4, 0.5) is 0 Å². The second kappa shape index (κ2) is 9.67. The smallest absolute Gasteiger partial charge is 0.483 e. The monoisotopic (exact) mass is 478 g/mol. The second-order valence-electron chi connectivity index (χ2n) is 10.3. The van der Waals surface area contributed by atoms with Crippen molar-refractivity contribution >= 4 is 29.5 Å². The van der Waals surface area contributed by atoms with Gasteiger partial charge in [0.1, 0.15) is 12.3 Å². The van der Waals surface area contributed by atoms with Crippen LogP contribution in [0.15, 0.2) is 42.5 Å². The fraction of sp³-hybridized carbons (Fsp3) is 0.481. The third kappa shape index (κ3) is 5.09. The minimum Gasteiger partial charge on any atom is -0.483 e. The molecule has 0 spiro atoms. The van der Waals surface area contributed by atoms with Gasteiger partial charge in [-0.3, -0.25) is 9.48 Å². The highest BCUT2D eigenvalue weighted by Gasteiger charge is 2.51. The average Bonchev–Trinajstić information content (AvgIpc) is 3.26. The first-order valence-corrected chi connectivity index (χ1v) is 12.3. The molecule has 0 radical (unpaired) electrons. The lowest BCUT2D eigenvalue weighted by atomic mass is 9.78. The van der Waals surface area contributed by atoms with Crippen molar-refractivity contribution < 1.29 is 23.6 Å². The topological polar surface area (TPSA) is 71.8 Å². The summed E-state index contributed by atoms with van der Waals surface area (Å²) in [7, 11) is -0.459. The van der Waals surface area contributed by atoms with Crippen molar-refractivity contribution in [2.45, 2.75) is 85.2 Å². The first kappa shape index (κ1) is 25.3. The standard InChI is InChI=1S/C27H35BN2O5/c1-8-11-25(31)33-24-13-10-9-12-23(24)32-17-21-20-16-19(14-15-22(20)30(29-21)18(2)3)28-34-26(4,5)27(6,7)35-28/h9-10,12-16,18H,8,11,17H2,1-7H3.